The third-order valence-electron chi connectivity index (χ3n) is 6.62. The standard InChI is InChI=1S/C32H45ClO4/c1-4-5-6-7-8-9-10-11-12-13-14-15-31(34)37-29-22-20-27(21-23-29)26-16-18-28(19-17-26)32(35)36-24-30(33)25(2)3/h16-23,25,30H,4-15,24H2,1-3H3. The van der Waals surface area contributed by atoms with Crippen molar-refractivity contribution in [3.05, 3.63) is 54.1 Å². The zero-order valence-electron chi connectivity index (χ0n) is 23.0. The molecule has 0 heterocycles. The SMILES string of the molecule is CCCCCCCCCCCCCC(=O)Oc1ccc(-c2ccc(C(=O)OCC(Cl)C(C)C)cc2)cc1. The summed E-state index contributed by atoms with van der Waals surface area (Å²) in [6.45, 7) is 6.43. The predicted octanol–water partition coefficient (Wildman–Crippen LogP) is 9.38. The number of alkyl halides is 1. The number of hydrogen-bond donors (Lipinski definition) is 0. The van der Waals surface area contributed by atoms with Gasteiger partial charge in [-0.3, -0.25) is 4.79 Å². The Hall–Kier alpha value is -2.33. The van der Waals surface area contributed by atoms with Crippen LogP contribution >= 0.6 is 11.6 Å². The van der Waals surface area contributed by atoms with Crippen LogP contribution in [0.1, 0.15) is 108 Å². The molecule has 0 spiro atoms. The third-order valence-corrected chi connectivity index (χ3v) is 7.25. The van der Waals surface area contributed by atoms with Crippen LogP contribution in [0.25, 0.3) is 11.1 Å². The van der Waals surface area contributed by atoms with Gasteiger partial charge < -0.3 is 9.47 Å². The fourth-order valence-electron chi connectivity index (χ4n) is 4.06. The third kappa shape index (κ3) is 12.6. The van der Waals surface area contributed by atoms with Gasteiger partial charge in [-0.25, -0.2) is 4.79 Å². The molecule has 0 aliphatic carbocycles. The molecule has 0 aliphatic rings. The molecule has 0 bridgehead atoms. The normalized spacial score (nSPS) is 11.9. The van der Waals surface area contributed by atoms with Gasteiger partial charge in [0.2, 0.25) is 0 Å². The number of carbonyl (C=O) groups is 2. The predicted molar refractivity (Wildman–Crippen MR) is 153 cm³/mol. The van der Waals surface area contributed by atoms with E-state index in [2.05, 4.69) is 6.92 Å². The monoisotopic (exact) mass is 528 g/mol. The topological polar surface area (TPSA) is 52.6 Å². The summed E-state index contributed by atoms with van der Waals surface area (Å²) in [4.78, 5) is 24.4. The van der Waals surface area contributed by atoms with Crippen molar-refractivity contribution in [1.82, 2.24) is 0 Å². The first kappa shape index (κ1) is 30.9. The number of halogens is 1. The molecule has 4 nitrogen and oxygen atoms in total. The van der Waals surface area contributed by atoms with Crippen LogP contribution in [-0.4, -0.2) is 23.9 Å². The Morgan fingerprint density at radius 3 is 1.73 bits per heavy atom. The summed E-state index contributed by atoms with van der Waals surface area (Å²) >= 11 is 6.16. The fourth-order valence-corrected chi connectivity index (χ4v) is 4.12. The van der Waals surface area contributed by atoms with Crippen LogP contribution in [0.5, 0.6) is 5.75 Å². The van der Waals surface area contributed by atoms with Crippen LogP contribution in [0.2, 0.25) is 0 Å². The quantitative estimate of drug-likeness (QED) is 0.0836. The molecule has 37 heavy (non-hydrogen) atoms. The minimum absolute atomic E-state index is 0.178. The molecule has 5 heteroatoms. The van der Waals surface area contributed by atoms with E-state index in [0.717, 1.165) is 24.0 Å². The van der Waals surface area contributed by atoms with Crippen molar-refractivity contribution in [2.45, 2.75) is 103 Å². The van der Waals surface area contributed by atoms with E-state index < -0.39 is 0 Å². The molecule has 0 fully saturated rings. The number of benzene rings is 2. The highest BCUT2D eigenvalue weighted by molar-refractivity contribution is 6.21. The Morgan fingerprint density at radius 1 is 0.730 bits per heavy atom. The van der Waals surface area contributed by atoms with Gasteiger partial charge in [-0.2, -0.15) is 0 Å². The van der Waals surface area contributed by atoms with Gasteiger partial charge >= 0.3 is 11.9 Å². The Labute approximate surface area is 229 Å². The lowest BCUT2D eigenvalue weighted by Gasteiger charge is -2.13. The zero-order valence-corrected chi connectivity index (χ0v) is 23.7. The van der Waals surface area contributed by atoms with Gasteiger partial charge in [0.05, 0.1) is 10.9 Å². The first-order valence-corrected chi connectivity index (χ1v) is 14.6. The summed E-state index contributed by atoms with van der Waals surface area (Å²) in [6.07, 6.45) is 14.3. The lowest BCUT2D eigenvalue weighted by Crippen LogP contribution is -2.18. The molecule has 2 aromatic carbocycles. The molecule has 2 aromatic rings. The summed E-state index contributed by atoms with van der Waals surface area (Å²) in [6, 6.07) is 14.7. The van der Waals surface area contributed by atoms with Crippen molar-refractivity contribution in [3.63, 3.8) is 0 Å². The lowest BCUT2D eigenvalue weighted by atomic mass is 10.0. The maximum absolute atomic E-state index is 12.2. The molecule has 0 saturated carbocycles. The Bertz CT molecular complexity index is 905. The van der Waals surface area contributed by atoms with E-state index in [1.807, 2.05) is 50.2 Å². The highest BCUT2D eigenvalue weighted by Crippen LogP contribution is 2.24. The second-order valence-corrected chi connectivity index (χ2v) is 10.8. The fraction of sp³-hybridized carbons (Fsp3) is 0.562. The molecule has 2 rings (SSSR count). The molecule has 1 unspecified atom stereocenters. The van der Waals surface area contributed by atoms with Gasteiger partial charge in [-0.05, 0) is 47.7 Å². The first-order chi connectivity index (χ1) is 17.9. The minimum atomic E-state index is -0.377. The van der Waals surface area contributed by atoms with Gasteiger partial charge in [-0.1, -0.05) is 109 Å². The number of ether oxygens (including phenoxy) is 2. The van der Waals surface area contributed by atoms with E-state index in [1.165, 1.54) is 57.8 Å². The molecule has 0 saturated heterocycles. The number of carbonyl (C=O) groups excluding carboxylic acids is 2. The zero-order chi connectivity index (χ0) is 26.9. The molecular formula is C32H45ClO4. The van der Waals surface area contributed by atoms with Crippen molar-refractivity contribution in [1.29, 1.82) is 0 Å². The molecule has 204 valence electrons. The second kappa shape index (κ2) is 18.0. The molecule has 0 N–H and O–H groups in total. The van der Waals surface area contributed by atoms with Crippen LogP contribution < -0.4 is 4.74 Å². The van der Waals surface area contributed by atoms with Crippen LogP contribution in [-0.2, 0) is 9.53 Å². The summed E-state index contributed by atoms with van der Waals surface area (Å²) < 4.78 is 10.8. The van der Waals surface area contributed by atoms with E-state index in [1.54, 1.807) is 12.1 Å². The number of rotatable bonds is 18. The van der Waals surface area contributed by atoms with Gasteiger partial charge in [0.1, 0.15) is 12.4 Å². The summed E-state index contributed by atoms with van der Waals surface area (Å²) in [7, 11) is 0. The molecule has 0 amide bonds. The molecule has 1 atom stereocenters. The second-order valence-electron chi connectivity index (χ2n) is 10.2. The van der Waals surface area contributed by atoms with Crippen LogP contribution in [0.15, 0.2) is 48.5 Å². The maximum atomic E-state index is 12.2. The van der Waals surface area contributed by atoms with Gasteiger partial charge in [0.25, 0.3) is 0 Å². The Morgan fingerprint density at radius 2 is 1.22 bits per heavy atom. The van der Waals surface area contributed by atoms with Crippen molar-refractivity contribution in [3.8, 4) is 16.9 Å². The molecule has 0 aromatic heterocycles. The van der Waals surface area contributed by atoms with Crippen molar-refractivity contribution in [2.75, 3.05) is 6.61 Å². The van der Waals surface area contributed by atoms with E-state index in [-0.39, 0.29) is 29.8 Å². The highest BCUT2D eigenvalue weighted by atomic mass is 35.5. The maximum Gasteiger partial charge on any atom is 0.338 e. The number of esters is 2. The number of unbranched alkanes of at least 4 members (excludes halogenated alkanes) is 10. The minimum Gasteiger partial charge on any atom is -0.461 e. The van der Waals surface area contributed by atoms with E-state index >= 15 is 0 Å². The average Bonchev–Trinajstić information content (AvgIpc) is 2.90. The van der Waals surface area contributed by atoms with Crippen LogP contribution in [0.4, 0.5) is 0 Å². The lowest BCUT2D eigenvalue weighted by molar-refractivity contribution is -0.134. The van der Waals surface area contributed by atoms with E-state index in [0.29, 0.717) is 17.7 Å². The molecule has 0 radical (unpaired) electrons. The van der Waals surface area contributed by atoms with Crippen LogP contribution in [0, 0.1) is 5.92 Å². The molecular weight excluding hydrogens is 484 g/mol. The van der Waals surface area contributed by atoms with Crippen molar-refractivity contribution in [2.24, 2.45) is 5.92 Å². The Balaban J connectivity index is 1.65. The highest BCUT2D eigenvalue weighted by Gasteiger charge is 2.14. The largest absolute Gasteiger partial charge is 0.461 e. The number of hydrogen-bond acceptors (Lipinski definition) is 4. The van der Waals surface area contributed by atoms with Gasteiger partial charge in [0, 0.05) is 6.42 Å². The average molecular weight is 529 g/mol. The van der Waals surface area contributed by atoms with Gasteiger partial charge in [0.15, 0.2) is 0 Å². The Kier molecular flexibility index (Phi) is 15.0. The summed E-state index contributed by atoms with van der Waals surface area (Å²) in [5.74, 6) is 0.238. The van der Waals surface area contributed by atoms with E-state index in [9.17, 15) is 9.59 Å². The van der Waals surface area contributed by atoms with E-state index in [4.69, 9.17) is 21.1 Å². The van der Waals surface area contributed by atoms with Crippen molar-refractivity contribution >= 4 is 23.5 Å². The van der Waals surface area contributed by atoms with Gasteiger partial charge in [-0.15, -0.1) is 11.6 Å². The summed E-state index contributed by atoms with van der Waals surface area (Å²) in [5.41, 5.74) is 2.43. The van der Waals surface area contributed by atoms with Crippen molar-refractivity contribution < 1.29 is 19.1 Å². The summed E-state index contributed by atoms with van der Waals surface area (Å²) in [5, 5.41) is -0.199. The smallest absolute Gasteiger partial charge is 0.338 e. The molecule has 0 aliphatic heterocycles. The first-order valence-electron chi connectivity index (χ1n) is 14.1. The van der Waals surface area contributed by atoms with Crippen LogP contribution in [0.3, 0.4) is 0 Å².